The van der Waals surface area contributed by atoms with Crippen LogP contribution in [-0.4, -0.2) is 16.1 Å². The molecule has 2 rings (SSSR count). The molecule has 7 heteroatoms. The molecule has 0 aliphatic heterocycles. The van der Waals surface area contributed by atoms with E-state index in [4.69, 9.17) is 10.8 Å². The van der Waals surface area contributed by atoms with Crippen LogP contribution < -0.4 is 5.73 Å². The van der Waals surface area contributed by atoms with Gasteiger partial charge in [-0.15, -0.1) is 12.4 Å². The Morgan fingerprint density at radius 2 is 2.16 bits per heavy atom. The number of hydrogen-bond donors (Lipinski definition) is 2. The highest BCUT2D eigenvalue weighted by Crippen LogP contribution is 2.28. The summed E-state index contributed by atoms with van der Waals surface area (Å²) in [5.74, 6) is -1.66. The Balaban J connectivity index is 0.00000180. The smallest absolute Gasteiger partial charge is 0.303 e. The molecule has 0 aliphatic rings. The lowest BCUT2D eigenvalue weighted by Crippen LogP contribution is -2.01. The van der Waals surface area contributed by atoms with Gasteiger partial charge in [0.2, 0.25) is 0 Å². The number of nitrogens with zero attached hydrogens (tertiary/aromatic N) is 1. The standard InChI is InChI=1S/C12H10BrFN2O2.ClH/c13-8-3-1-6(2-4-10(17)18)7-5-9(14)12(15)16-11(7)8;/h1,3,5H,2,4H2,(H2,15,16)(H,17,18);1H. The summed E-state index contributed by atoms with van der Waals surface area (Å²) in [6, 6.07) is 4.80. The zero-order chi connectivity index (χ0) is 13.3. The molecule has 0 amide bonds. The molecule has 0 spiro atoms. The fourth-order valence-electron chi connectivity index (χ4n) is 1.73. The average Bonchev–Trinajstić information content (AvgIpc) is 2.31. The van der Waals surface area contributed by atoms with Gasteiger partial charge in [-0.25, -0.2) is 9.37 Å². The lowest BCUT2D eigenvalue weighted by atomic mass is 10.0. The molecule has 3 N–H and O–H groups in total. The summed E-state index contributed by atoms with van der Waals surface area (Å²) >= 11 is 3.31. The van der Waals surface area contributed by atoms with Gasteiger partial charge in [0.25, 0.3) is 0 Å². The van der Waals surface area contributed by atoms with E-state index >= 15 is 0 Å². The summed E-state index contributed by atoms with van der Waals surface area (Å²) < 4.78 is 14.1. The second-order valence-electron chi connectivity index (χ2n) is 3.85. The van der Waals surface area contributed by atoms with E-state index in [1.54, 1.807) is 12.1 Å². The molecule has 19 heavy (non-hydrogen) atoms. The minimum absolute atomic E-state index is 0. The third-order valence-corrected chi connectivity index (χ3v) is 3.25. The highest BCUT2D eigenvalue weighted by molar-refractivity contribution is 9.10. The molecule has 0 bridgehead atoms. The van der Waals surface area contributed by atoms with Crippen LogP contribution in [-0.2, 0) is 11.2 Å². The monoisotopic (exact) mass is 348 g/mol. The summed E-state index contributed by atoms with van der Waals surface area (Å²) in [7, 11) is 0. The molecule has 4 nitrogen and oxygen atoms in total. The fourth-order valence-corrected chi connectivity index (χ4v) is 2.17. The van der Waals surface area contributed by atoms with Gasteiger partial charge in [0, 0.05) is 16.3 Å². The summed E-state index contributed by atoms with van der Waals surface area (Å²) in [5, 5.41) is 9.26. The second-order valence-corrected chi connectivity index (χ2v) is 4.71. The van der Waals surface area contributed by atoms with Crippen LogP contribution in [0.15, 0.2) is 22.7 Å². The number of carboxylic acid groups (broad SMARTS) is 1. The quantitative estimate of drug-likeness (QED) is 0.892. The van der Waals surface area contributed by atoms with E-state index in [9.17, 15) is 9.18 Å². The molecule has 102 valence electrons. The van der Waals surface area contributed by atoms with Gasteiger partial charge < -0.3 is 10.8 Å². The first-order valence-corrected chi connectivity index (χ1v) is 6.03. The first-order chi connectivity index (χ1) is 8.49. The molecule has 1 aromatic carbocycles. The topological polar surface area (TPSA) is 76.2 Å². The van der Waals surface area contributed by atoms with Gasteiger partial charge in [-0.3, -0.25) is 4.79 Å². The van der Waals surface area contributed by atoms with Crippen molar-refractivity contribution < 1.29 is 14.3 Å². The number of aryl methyl sites for hydroxylation is 1. The summed E-state index contributed by atoms with van der Waals surface area (Å²) in [6.45, 7) is 0. The van der Waals surface area contributed by atoms with Crippen molar-refractivity contribution in [2.75, 3.05) is 5.73 Å². The highest BCUT2D eigenvalue weighted by Gasteiger charge is 2.11. The Hall–Kier alpha value is -1.40. The van der Waals surface area contributed by atoms with Crippen molar-refractivity contribution in [3.8, 4) is 0 Å². The predicted molar refractivity (Wildman–Crippen MR) is 77.0 cm³/mol. The maximum absolute atomic E-state index is 13.4. The van der Waals surface area contributed by atoms with Crippen molar-refractivity contribution in [3.05, 3.63) is 34.1 Å². The van der Waals surface area contributed by atoms with Crippen LogP contribution in [0.5, 0.6) is 0 Å². The second kappa shape index (κ2) is 6.16. The number of carboxylic acids is 1. The number of benzene rings is 1. The van der Waals surface area contributed by atoms with Gasteiger partial charge in [-0.2, -0.15) is 0 Å². The van der Waals surface area contributed by atoms with Crippen LogP contribution in [0, 0.1) is 5.82 Å². The van der Waals surface area contributed by atoms with Gasteiger partial charge in [-0.05, 0) is 40.0 Å². The summed E-state index contributed by atoms with van der Waals surface area (Å²) in [4.78, 5) is 14.5. The number of fused-ring (bicyclic) bond motifs is 1. The molecule has 2 aromatic rings. The van der Waals surface area contributed by atoms with Gasteiger partial charge in [0.1, 0.15) is 0 Å². The minimum Gasteiger partial charge on any atom is -0.481 e. The number of aliphatic carboxylic acids is 1. The molecular formula is C12H11BrClFN2O2. The number of pyridine rings is 1. The lowest BCUT2D eigenvalue weighted by Gasteiger charge is -2.08. The van der Waals surface area contributed by atoms with Crippen molar-refractivity contribution in [2.24, 2.45) is 0 Å². The number of carbonyl (C=O) groups is 1. The number of hydrogen-bond acceptors (Lipinski definition) is 3. The third-order valence-electron chi connectivity index (χ3n) is 2.61. The van der Waals surface area contributed by atoms with E-state index in [2.05, 4.69) is 20.9 Å². The lowest BCUT2D eigenvalue weighted by molar-refractivity contribution is -0.136. The van der Waals surface area contributed by atoms with Crippen LogP contribution in [0.1, 0.15) is 12.0 Å². The Kier molecular flexibility index (Phi) is 5.08. The van der Waals surface area contributed by atoms with Crippen molar-refractivity contribution in [1.82, 2.24) is 4.98 Å². The molecular weight excluding hydrogens is 338 g/mol. The molecule has 0 unspecified atom stereocenters. The van der Waals surface area contributed by atoms with Crippen LogP contribution >= 0.6 is 28.3 Å². The van der Waals surface area contributed by atoms with Crippen LogP contribution in [0.4, 0.5) is 10.2 Å². The molecule has 0 atom stereocenters. The molecule has 1 heterocycles. The Bertz CT molecular complexity index is 637. The van der Waals surface area contributed by atoms with Crippen molar-refractivity contribution >= 4 is 51.0 Å². The van der Waals surface area contributed by atoms with Crippen molar-refractivity contribution in [2.45, 2.75) is 12.8 Å². The Morgan fingerprint density at radius 3 is 2.79 bits per heavy atom. The van der Waals surface area contributed by atoms with Crippen LogP contribution in [0.3, 0.4) is 0 Å². The minimum atomic E-state index is -0.894. The highest BCUT2D eigenvalue weighted by atomic mass is 79.9. The largest absolute Gasteiger partial charge is 0.481 e. The van der Waals surface area contributed by atoms with E-state index in [0.717, 1.165) is 5.56 Å². The average molecular weight is 350 g/mol. The van der Waals surface area contributed by atoms with Crippen molar-refractivity contribution in [1.29, 1.82) is 0 Å². The summed E-state index contributed by atoms with van der Waals surface area (Å²) in [6.07, 6.45) is 0.312. The van der Waals surface area contributed by atoms with Crippen LogP contribution in [0.2, 0.25) is 0 Å². The van der Waals surface area contributed by atoms with E-state index in [1.807, 2.05) is 0 Å². The number of anilines is 1. The maximum atomic E-state index is 13.4. The molecule has 0 saturated carbocycles. The number of halogens is 3. The van der Waals surface area contributed by atoms with E-state index < -0.39 is 11.8 Å². The third kappa shape index (κ3) is 3.33. The van der Waals surface area contributed by atoms with Crippen LogP contribution in [0.25, 0.3) is 10.9 Å². The van der Waals surface area contributed by atoms with E-state index in [1.165, 1.54) is 6.07 Å². The van der Waals surface area contributed by atoms with Gasteiger partial charge in [0.15, 0.2) is 11.6 Å². The summed E-state index contributed by atoms with van der Waals surface area (Å²) in [5.41, 5.74) is 6.70. The van der Waals surface area contributed by atoms with E-state index in [-0.39, 0.29) is 24.6 Å². The molecule has 0 aliphatic carbocycles. The Morgan fingerprint density at radius 1 is 1.47 bits per heavy atom. The number of nitrogens with two attached hydrogens (primary N) is 1. The van der Waals surface area contributed by atoms with E-state index in [0.29, 0.717) is 21.8 Å². The zero-order valence-electron chi connectivity index (χ0n) is 9.69. The predicted octanol–water partition coefficient (Wildman–Crippen LogP) is 3.16. The van der Waals surface area contributed by atoms with Gasteiger partial charge in [0.05, 0.1) is 5.52 Å². The molecule has 0 fully saturated rings. The van der Waals surface area contributed by atoms with Gasteiger partial charge >= 0.3 is 5.97 Å². The number of aromatic nitrogens is 1. The fraction of sp³-hybridized carbons (Fsp3) is 0.167. The molecule has 0 radical (unpaired) electrons. The number of rotatable bonds is 3. The SMILES string of the molecule is Cl.Nc1nc2c(Br)ccc(CCC(=O)O)c2cc1F. The first kappa shape index (κ1) is 15.7. The first-order valence-electron chi connectivity index (χ1n) is 5.24. The Labute approximate surface area is 123 Å². The molecule has 0 saturated heterocycles. The van der Waals surface area contributed by atoms with Crippen molar-refractivity contribution in [3.63, 3.8) is 0 Å². The number of nitrogen functional groups attached to an aromatic ring is 1. The van der Waals surface area contributed by atoms with Gasteiger partial charge in [-0.1, -0.05) is 6.07 Å². The molecule has 1 aromatic heterocycles. The maximum Gasteiger partial charge on any atom is 0.303 e. The normalized spacial score (nSPS) is 10.2. The zero-order valence-corrected chi connectivity index (χ0v) is 12.1.